The molecule has 120 valence electrons. The highest BCUT2D eigenvalue weighted by atomic mass is 35.5. The third-order valence-corrected chi connectivity index (χ3v) is 4.47. The minimum atomic E-state index is -0.380. The van der Waals surface area contributed by atoms with E-state index in [0.29, 0.717) is 39.5 Å². The molecule has 0 aliphatic carbocycles. The minimum absolute atomic E-state index is 0.0761. The Bertz CT molecular complexity index is 520. The second kappa shape index (κ2) is 7.42. The second-order valence-electron chi connectivity index (χ2n) is 5.62. The van der Waals surface area contributed by atoms with Crippen LogP contribution < -0.4 is 0 Å². The molecule has 1 aromatic rings. The largest absolute Gasteiger partial charge is 0.378 e. The van der Waals surface area contributed by atoms with Crippen LogP contribution in [0.5, 0.6) is 0 Å². The molecule has 22 heavy (non-hydrogen) atoms. The molecule has 2 fully saturated rings. The van der Waals surface area contributed by atoms with Gasteiger partial charge in [0.25, 0.3) is 5.91 Å². The van der Waals surface area contributed by atoms with Crippen LogP contribution in [-0.2, 0) is 20.8 Å². The lowest BCUT2D eigenvalue weighted by molar-refractivity contribution is -0.153. The molecule has 0 aromatic heterocycles. The Balaban J connectivity index is 1.59. The van der Waals surface area contributed by atoms with Crippen molar-refractivity contribution in [2.75, 3.05) is 46.0 Å². The van der Waals surface area contributed by atoms with Crippen molar-refractivity contribution in [3.63, 3.8) is 0 Å². The van der Waals surface area contributed by atoms with E-state index in [1.807, 2.05) is 29.2 Å². The lowest BCUT2D eigenvalue weighted by atomic mass is 10.1. The van der Waals surface area contributed by atoms with E-state index >= 15 is 0 Å². The number of halogens is 1. The molecule has 2 saturated heterocycles. The van der Waals surface area contributed by atoms with E-state index in [4.69, 9.17) is 21.1 Å². The molecule has 0 spiro atoms. The molecule has 3 rings (SSSR count). The second-order valence-corrected chi connectivity index (χ2v) is 6.03. The standard InChI is InChI=1S/C16H21ClN2O3/c17-14-4-2-1-3-13(14)11-18-5-10-22-15(12-18)16(20)19-6-8-21-9-7-19/h1-4,15H,5-12H2. The number of carbonyl (C=O) groups excluding carboxylic acids is 1. The van der Waals surface area contributed by atoms with E-state index in [2.05, 4.69) is 4.90 Å². The number of ether oxygens (including phenoxy) is 2. The minimum Gasteiger partial charge on any atom is -0.378 e. The van der Waals surface area contributed by atoms with Gasteiger partial charge in [-0.15, -0.1) is 0 Å². The van der Waals surface area contributed by atoms with Crippen LogP contribution in [0.1, 0.15) is 5.56 Å². The lowest BCUT2D eigenvalue weighted by Crippen LogP contribution is -2.53. The highest BCUT2D eigenvalue weighted by molar-refractivity contribution is 6.31. The average molecular weight is 325 g/mol. The fraction of sp³-hybridized carbons (Fsp3) is 0.562. The van der Waals surface area contributed by atoms with Gasteiger partial charge in [0, 0.05) is 37.7 Å². The van der Waals surface area contributed by atoms with Crippen molar-refractivity contribution in [2.24, 2.45) is 0 Å². The molecule has 0 bridgehead atoms. The number of rotatable bonds is 3. The zero-order chi connectivity index (χ0) is 15.4. The summed E-state index contributed by atoms with van der Waals surface area (Å²) in [5.41, 5.74) is 1.09. The van der Waals surface area contributed by atoms with Crippen LogP contribution in [-0.4, -0.2) is 67.8 Å². The van der Waals surface area contributed by atoms with Crippen LogP contribution in [0, 0.1) is 0 Å². The molecule has 2 heterocycles. The Hall–Kier alpha value is -1.14. The smallest absolute Gasteiger partial charge is 0.253 e. The normalized spacial score (nSPS) is 23.5. The number of morpholine rings is 2. The summed E-state index contributed by atoms with van der Waals surface area (Å²) in [6.07, 6.45) is -0.380. The summed E-state index contributed by atoms with van der Waals surface area (Å²) in [4.78, 5) is 16.6. The molecule has 0 N–H and O–H groups in total. The number of benzene rings is 1. The van der Waals surface area contributed by atoms with Gasteiger partial charge in [-0.3, -0.25) is 9.69 Å². The molecule has 0 saturated carbocycles. The number of amides is 1. The summed E-state index contributed by atoms with van der Waals surface area (Å²) in [5.74, 6) is 0.0761. The van der Waals surface area contributed by atoms with E-state index in [9.17, 15) is 4.79 Å². The van der Waals surface area contributed by atoms with Crippen molar-refractivity contribution in [3.8, 4) is 0 Å². The Kier molecular flexibility index (Phi) is 5.31. The zero-order valence-electron chi connectivity index (χ0n) is 12.5. The van der Waals surface area contributed by atoms with Gasteiger partial charge in [0.05, 0.1) is 19.8 Å². The van der Waals surface area contributed by atoms with Crippen LogP contribution in [0.4, 0.5) is 0 Å². The van der Waals surface area contributed by atoms with Crippen molar-refractivity contribution in [3.05, 3.63) is 34.9 Å². The Labute approximate surface area is 135 Å². The fourth-order valence-corrected chi connectivity index (χ4v) is 3.05. The van der Waals surface area contributed by atoms with Crippen molar-refractivity contribution < 1.29 is 14.3 Å². The summed E-state index contributed by atoms with van der Waals surface area (Å²) in [6.45, 7) is 5.29. The molecule has 1 amide bonds. The molecule has 6 heteroatoms. The molecular formula is C16H21ClN2O3. The van der Waals surface area contributed by atoms with Gasteiger partial charge in [-0.25, -0.2) is 0 Å². The van der Waals surface area contributed by atoms with Gasteiger partial charge in [0.1, 0.15) is 6.10 Å². The van der Waals surface area contributed by atoms with Gasteiger partial charge in [0.15, 0.2) is 0 Å². The molecule has 2 aliphatic rings. The first-order valence-corrected chi connectivity index (χ1v) is 8.06. The van der Waals surface area contributed by atoms with Gasteiger partial charge in [-0.2, -0.15) is 0 Å². The van der Waals surface area contributed by atoms with Gasteiger partial charge >= 0.3 is 0 Å². The SMILES string of the molecule is O=C(C1CN(Cc2ccccc2Cl)CCO1)N1CCOCC1. The molecule has 1 unspecified atom stereocenters. The first kappa shape index (κ1) is 15.7. The highest BCUT2D eigenvalue weighted by Crippen LogP contribution is 2.19. The van der Waals surface area contributed by atoms with E-state index < -0.39 is 0 Å². The fourth-order valence-electron chi connectivity index (χ4n) is 2.85. The van der Waals surface area contributed by atoms with Crippen LogP contribution in [0.15, 0.2) is 24.3 Å². The van der Waals surface area contributed by atoms with Gasteiger partial charge < -0.3 is 14.4 Å². The average Bonchev–Trinajstić information content (AvgIpc) is 2.57. The maximum Gasteiger partial charge on any atom is 0.253 e. The van der Waals surface area contributed by atoms with E-state index in [1.54, 1.807) is 0 Å². The van der Waals surface area contributed by atoms with Gasteiger partial charge in [-0.05, 0) is 11.6 Å². The van der Waals surface area contributed by atoms with Crippen molar-refractivity contribution in [1.82, 2.24) is 9.80 Å². The predicted octanol–water partition coefficient (Wildman–Crippen LogP) is 1.40. The van der Waals surface area contributed by atoms with Crippen LogP contribution >= 0.6 is 11.6 Å². The van der Waals surface area contributed by atoms with E-state index in [0.717, 1.165) is 23.7 Å². The summed E-state index contributed by atoms with van der Waals surface area (Å²) in [6, 6.07) is 7.83. The predicted molar refractivity (Wildman–Crippen MR) is 83.9 cm³/mol. The highest BCUT2D eigenvalue weighted by Gasteiger charge is 2.31. The molecule has 0 radical (unpaired) electrons. The Morgan fingerprint density at radius 2 is 1.95 bits per heavy atom. The van der Waals surface area contributed by atoms with E-state index in [1.165, 1.54) is 0 Å². The first-order valence-electron chi connectivity index (χ1n) is 7.68. The molecule has 2 aliphatic heterocycles. The van der Waals surface area contributed by atoms with Crippen molar-refractivity contribution >= 4 is 17.5 Å². The quantitative estimate of drug-likeness (QED) is 0.843. The number of nitrogens with zero attached hydrogens (tertiary/aromatic N) is 2. The number of hydrogen-bond acceptors (Lipinski definition) is 4. The Morgan fingerprint density at radius 3 is 2.73 bits per heavy atom. The van der Waals surface area contributed by atoms with Crippen molar-refractivity contribution in [2.45, 2.75) is 12.6 Å². The van der Waals surface area contributed by atoms with Gasteiger partial charge in [0.2, 0.25) is 0 Å². The molecule has 1 atom stereocenters. The van der Waals surface area contributed by atoms with E-state index in [-0.39, 0.29) is 12.0 Å². The van der Waals surface area contributed by atoms with Crippen LogP contribution in [0.2, 0.25) is 5.02 Å². The Morgan fingerprint density at radius 1 is 1.18 bits per heavy atom. The number of carbonyl (C=O) groups is 1. The van der Waals surface area contributed by atoms with Crippen LogP contribution in [0.25, 0.3) is 0 Å². The molecule has 5 nitrogen and oxygen atoms in total. The third kappa shape index (κ3) is 3.79. The first-order chi connectivity index (χ1) is 10.7. The summed E-state index contributed by atoms with van der Waals surface area (Å²) in [5, 5.41) is 0.769. The summed E-state index contributed by atoms with van der Waals surface area (Å²) >= 11 is 6.22. The number of hydrogen-bond donors (Lipinski definition) is 0. The summed E-state index contributed by atoms with van der Waals surface area (Å²) in [7, 11) is 0. The third-order valence-electron chi connectivity index (χ3n) is 4.10. The monoisotopic (exact) mass is 324 g/mol. The molecular weight excluding hydrogens is 304 g/mol. The maximum absolute atomic E-state index is 12.5. The lowest BCUT2D eigenvalue weighted by Gasteiger charge is -2.36. The van der Waals surface area contributed by atoms with Crippen LogP contribution in [0.3, 0.4) is 0 Å². The topological polar surface area (TPSA) is 42.0 Å². The van der Waals surface area contributed by atoms with Crippen molar-refractivity contribution in [1.29, 1.82) is 0 Å². The molecule has 1 aromatic carbocycles. The summed E-state index contributed by atoms with van der Waals surface area (Å²) < 4.78 is 11.0. The van der Waals surface area contributed by atoms with Gasteiger partial charge in [-0.1, -0.05) is 29.8 Å². The zero-order valence-corrected chi connectivity index (χ0v) is 13.3. The maximum atomic E-state index is 12.5.